The van der Waals surface area contributed by atoms with Crippen molar-refractivity contribution < 1.29 is 24.2 Å². The molecule has 1 heterocycles. The van der Waals surface area contributed by atoms with Crippen molar-refractivity contribution in [2.24, 2.45) is 0 Å². The van der Waals surface area contributed by atoms with Gasteiger partial charge in [0.05, 0.1) is 11.9 Å². The second-order valence-electron chi connectivity index (χ2n) is 8.12. The highest BCUT2D eigenvalue weighted by Gasteiger charge is 2.29. The smallest absolute Gasteiger partial charge is 0.411 e. The second-order valence-corrected chi connectivity index (χ2v) is 8.12. The minimum absolute atomic E-state index is 0.0464. The van der Waals surface area contributed by atoms with Gasteiger partial charge < -0.3 is 15.2 Å². The van der Waals surface area contributed by atoms with Crippen molar-refractivity contribution in [3.05, 3.63) is 72.1 Å². The molecular weight excluding hydrogens is 436 g/mol. The Balaban J connectivity index is 1.32. The molecule has 1 aliphatic rings. The third-order valence-corrected chi connectivity index (χ3v) is 5.74. The number of aromatic nitrogens is 2. The van der Waals surface area contributed by atoms with E-state index in [4.69, 9.17) is 9.84 Å². The summed E-state index contributed by atoms with van der Waals surface area (Å²) in [6.45, 7) is 1.86. The van der Waals surface area contributed by atoms with Crippen molar-refractivity contribution in [2.45, 2.75) is 38.3 Å². The molecule has 1 aliphatic carbocycles. The molecule has 2 aromatic carbocycles. The van der Waals surface area contributed by atoms with Gasteiger partial charge in [0.15, 0.2) is 0 Å². The first-order chi connectivity index (χ1) is 16.5. The molecule has 4 rings (SSSR count). The van der Waals surface area contributed by atoms with E-state index in [2.05, 4.69) is 27.9 Å². The maximum Gasteiger partial charge on any atom is 0.411 e. The van der Waals surface area contributed by atoms with Crippen molar-refractivity contribution >= 4 is 23.7 Å². The van der Waals surface area contributed by atoms with E-state index < -0.39 is 24.0 Å². The molecule has 1 unspecified atom stereocenters. The normalized spacial score (nSPS) is 13.0. The Bertz CT molecular complexity index is 1160. The summed E-state index contributed by atoms with van der Waals surface area (Å²) < 4.78 is 6.83. The van der Waals surface area contributed by atoms with Gasteiger partial charge in [-0.15, -0.1) is 0 Å². The van der Waals surface area contributed by atoms with E-state index in [1.165, 1.54) is 17.1 Å². The van der Waals surface area contributed by atoms with Gasteiger partial charge in [-0.3, -0.25) is 14.8 Å². The molecule has 0 aliphatic heterocycles. The van der Waals surface area contributed by atoms with E-state index in [0.717, 1.165) is 22.3 Å². The standard InChI is InChI=1S/C25H26N4O5/c1-2-7-22(24(31)32)28-23(30)14-29-13-16(12-26-29)27-25(33)34-15-21-19-10-5-3-8-17(19)18-9-4-6-11-20(18)21/h3-6,8-13,21-22H,2,7,14-15H2,1H3,(H,27,33)(H,28,30)(H,31,32). The summed E-state index contributed by atoms with van der Waals surface area (Å²) in [7, 11) is 0. The summed E-state index contributed by atoms with van der Waals surface area (Å²) in [6, 6.07) is 15.2. The Labute approximate surface area is 196 Å². The molecule has 0 spiro atoms. The van der Waals surface area contributed by atoms with Gasteiger partial charge in [0.2, 0.25) is 5.91 Å². The molecule has 3 aromatic rings. The molecule has 2 amide bonds. The Morgan fingerprint density at radius 3 is 2.35 bits per heavy atom. The molecule has 34 heavy (non-hydrogen) atoms. The van der Waals surface area contributed by atoms with Crippen molar-refractivity contribution in [3.8, 4) is 11.1 Å². The third-order valence-electron chi connectivity index (χ3n) is 5.74. The minimum atomic E-state index is -1.08. The number of hydrogen-bond acceptors (Lipinski definition) is 5. The van der Waals surface area contributed by atoms with Gasteiger partial charge in [0, 0.05) is 12.1 Å². The topological polar surface area (TPSA) is 123 Å². The lowest BCUT2D eigenvalue weighted by atomic mass is 9.98. The summed E-state index contributed by atoms with van der Waals surface area (Å²) >= 11 is 0. The van der Waals surface area contributed by atoms with Crippen LogP contribution in [0.25, 0.3) is 11.1 Å². The predicted octanol–water partition coefficient (Wildman–Crippen LogP) is 3.61. The number of carbonyl (C=O) groups is 3. The van der Waals surface area contributed by atoms with Gasteiger partial charge in [-0.1, -0.05) is 61.9 Å². The van der Waals surface area contributed by atoms with Crippen LogP contribution in [0.1, 0.15) is 36.8 Å². The molecule has 9 nitrogen and oxygen atoms in total. The Morgan fingerprint density at radius 1 is 1.09 bits per heavy atom. The van der Waals surface area contributed by atoms with Crippen LogP contribution in [0.5, 0.6) is 0 Å². The highest BCUT2D eigenvalue weighted by atomic mass is 16.5. The van der Waals surface area contributed by atoms with Crippen LogP contribution in [-0.4, -0.2) is 45.5 Å². The van der Waals surface area contributed by atoms with Crippen LogP contribution in [0.3, 0.4) is 0 Å². The first-order valence-electron chi connectivity index (χ1n) is 11.1. The first-order valence-corrected chi connectivity index (χ1v) is 11.1. The highest BCUT2D eigenvalue weighted by Crippen LogP contribution is 2.44. The zero-order valence-corrected chi connectivity index (χ0v) is 18.7. The number of nitrogens with zero attached hydrogens (tertiary/aromatic N) is 2. The summed E-state index contributed by atoms with van der Waals surface area (Å²) in [6.07, 6.45) is 3.23. The number of rotatable bonds is 9. The number of hydrogen-bond donors (Lipinski definition) is 3. The van der Waals surface area contributed by atoms with Crippen molar-refractivity contribution in [1.82, 2.24) is 15.1 Å². The summed E-state index contributed by atoms with van der Waals surface area (Å²) in [5.74, 6) is -1.60. The van der Waals surface area contributed by atoms with Gasteiger partial charge in [0.1, 0.15) is 19.2 Å². The van der Waals surface area contributed by atoms with Gasteiger partial charge in [-0.25, -0.2) is 9.59 Å². The maximum absolute atomic E-state index is 12.4. The van der Waals surface area contributed by atoms with Crippen LogP contribution in [0, 0.1) is 0 Å². The number of aliphatic carboxylic acids is 1. The lowest BCUT2D eigenvalue weighted by Crippen LogP contribution is -2.42. The molecule has 0 bridgehead atoms. The minimum Gasteiger partial charge on any atom is -0.480 e. The average molecular weight is 463 g/mol. The van der Waals surface area contributed by atoms with Crippen LogP contribution in [0.4, 0.5) is 10.5 Å². The SMILES string of the molecule is CCCC(NC(=O)Cn1cc(NC(=O)OCC2c3ccccc3-c3ccccc32)cn1)C(=O)O. The summed E-state index contributed by atoms with van der Waals surface area (Å²) in [5.41, 5.74) is 4.91. The van der Waals surface area contributed by atoms with Crippen LogP contribution >= 0.6 is 0 Å². The van der Waals surface area contributed by atoms with Gasteiger partial charge in [0.25, 0.3) is 0 Å². The summed E-state index contributed by atoms with van der Waals surface area (Å²) in [4.78, 5) is 35.7. The van der Waals surface area contributed by atoms with Gasteiger partial charge >= 0.3 is 12.1 Å². The van der Waals surface area contributed by atoms with Crippen molar-refractivity contribution in [1.29, 1.82) is 0 Å². The number of carboxylic acids is 1. The fourth-order valence-electron chi connectivity index (χ4n) is 4.20. The van der Waals surface area contributed by atoms with Crippen LogP contribution < -0.4 is 10.6 Å². The fraction of sp³-hybridized carbons (Fsp3) is 0.280. The molecular formula is C25H26N4O5. The van der Waals surface area contributed by atoms with Gasteiger partial charge in [-0.05, 0) is 28.7 Å². The zero-order valence-electron chi connectivity index (χ0n) is 18.7. The van der Waals surface area contributed by atoms with E-state index in [1.807, 2.05) is 43.3 Å². The highest BCUT2D eigenvalue weighted by molar-refractivity contribution is 5.85. The number of fused-ring (bicyclic) bond motifs is 3. The number of ether oxygens (including phenoxy) is 1. The fourth-order valence-corrected chi connectivity index (χ4v) is 4.20. The molecule has 176 valence electrons. The number of amides is 2. The van der Waals surface area contributed by atoms with Crippen LogP contribution in [0.15, 0.2) is 60.9 Å². The molecule has 1 aromatic heterocycles. The number of carbonyl (C=O) groups excluding carboxylic acids is 2. The number of nitrogens with one attached hydrogen (secondary N) is 2. The molecule has 0 radical (unpaired) electrons. The maximum atomic E-state index is 12.4. The molecule has 0 saturated carbocycles. The van der Waals surface area contributed by atoms with Crippen molar-refractivity contribution in [2.75, 3.05) is 11.9 Å². The average Bonchev–Trinajstić information content (AvgIpc) is 3.39. The van der Waals surface area contributed by atoms with Crippen LogP contribution in [0.2, 0.25) is 0 Å². The van der Waals surface area contributed by atoms with E-state index in [9.17, 15) is 14.4 Å². The Morgan fingerprint density at radius 2 is 1.74 bits per heavy atom. The predicted molar refractivity (Wildman–Crippen MR) is 125 cm³/mol. The molecule has 9 heteroatoms. The van der Waals surface area contributed by atoms with E-state index in [1.54, 1.807) is 0 Å². The Hall–Kier alpha value is -4.14. The summed E-state index contributed by atoms with van der Waals surface area (Å²) in [5, 5.41) is 18.3. The Kier molecular flexibility index (Phi) is 6.91. The molecule has 1 atom stereocenters. The van der Waals surface area contributed by atoms with E-state index in [0.29, 0.717) is 18.5 Å². The van der Waals surface area contributed by atoms with Gasteiger partial charge in [-0.2, -0.15) is 5.10 Å². The van der Waals surface area contributed by atoms with E-state index >= 15 is 0 Å². The first kappa shape index (κ1) is 23.0. The zero-order chi connectivity index (χ0) is 24.1. The van der Waals surface area contributed by atoms with Crippen molar-refractivity contribution in [3.63, 3.8) is 0 Å². The molecule has 0 fully saturated rings. The largest absolute Gasteiger partial charge is 0.480 e. The quantitative estimate of drug-likeness (QED) is 0.446. The lowest BCUT2D eigenvalue weighted by Gasteiger charge is -2.14. The number of benzene rings is 2. The molecule has 3 N–H and O–H groups in total. The van der Waals surface area contributed by atoms with Crippen LogP contribution in [-0.2, 0) is 20.9 Å². The monoisotopic (exact) mass is 462 g/mol. The third kappa shape index (κ3) is 5.09. The number of anilines is 1. The van der Waals surface area contributed by atoms with E-state index in [-0.39, 0.29) is 19.1 Å². The molecule has 0 saturated heterocycles. The second kappa shape index (κ2) is 10.2. The number of carboxylic acid groups (broad SMARTS) is 1. The lowest BCUT2D eigenvalue weighted by molar-refractivity contribution is -0.142.